The largest absolute Gasteiger partial charge is 0.345 e. The monoisotopic (exact) mass is 160 g/mol. The molecule has 2 atom stereocenters. The molecule has 3 nitrogen and oxygen atoms in total. The van der Waals surface area contributed by atoms with Crippen LogP contribution in [0.4, 0.5) is 0 Å². The highest BCUT2D eigenvalue weighted by Crippen LogP contribution is 2.01. The molecule has 0 spiro atoms. The molecule has 0 bridgehead atoms. The molecule has 0 aromatic rings. The molecule has 0 aliphatic heterocycles. The first-order valence-electron chi connectivity index (χ1n) is 3.93. The lowest BCUT2D eigenvalue weighted by molar-refractivity contribution is -0.113. The van der Waals surface area contributed by atoms with E-state index in [1.807, 2.05) is 51.8 Å². The topological polar surface area (TPSA) is 15.7 Å². The van der Waals surface area contributed by atoms with E-state index in [9.17, 15) is 0 Å². The summed E-state index contributed by atoms with van der Waals surface area (Å²) in [4.78, 5) is 4.08. The lowest BCUT2D eigenvalue weighted by atomic mass is 10.5. The molecule has 0 amide bonds. The van der Waals surface area contributed by atoms with Crippen molar-refractivity contribution in [2.75, 3.05) is 28.2 Å². The van der Waals surface area contributed by atoms with Gasteiger partial charge in [-0.05, 0) is 42.0 Å². The van der Waals surface area contributed by atoms with Gasteiger partial charge < -0.3 is 4.74 Å². The van der Waals surface area contributed by atoms with E-state index in [4.69, 9.17) is 4.74 Å². The van der Waals surface area contributed by atoms with Crippen LogP contribution in [0, 0.1) is 0 Å². The summed E-state index contributed by atoms with van der Waals surface area (Å²) in [6.45, 7) is 4.08. The Kier molecular flexibility index (Phi) is 4.65. The Balaban J connectivity index is 3.66. The molecule has 0 N–H and O–H groups in total. The van der Waals surface area contributed by atoms with E-state index in [1.54, 1.807) is 0 Å². The second kappa shape index (κ2) is 4.70. The van der Waals surface area contributed by atoms with E-state index >= 15 is 0 Å². The van der Waals surface area contributed by atoms with E-state index in [2.05, 4.69) is 0 Å². The van der Waals surface area contributed by atoms with Crippen LogP contribution in [0.15, 0.2) is 0 Å². The second-order valence-corrected chi connectivity index (χ2v) is 3.26. The maximum absolute atomic E-state index is 5.62. The van der Waals surface area contributed by atoms with Crippen molar-refractivity contribution in [3.8, 4) is 0 Å². The quantitative estimate of drug-likeness (QED) is 0.566. The van der Waals surface area contributed by atoms with Crippen LogP contribution < -0.4 is 0 Å². The van der Waals surface area contributed by atoms with Gasteiger partial charge in [-0.1, -0.05) is 0 Å². The predicted molar refractivity (Wildman–Crippen MR) is 47.4 cm³/mol. The van der Waals surface area contributed by atoms with Crippen molar-refractivity contribution in [3.05, 3.63) is 0 Å². The Morgan fingerprint density at radius 2 is 1.09 bits per heavy atom. The van der Waals surface area contributed by atoms with Gasteiger partial charge >= 0.3 is 0 Å². The molecule has 2 unspecified atom stereocenters. The number of hydrogen-bond donors (Lipinski definition) is 0. The second-order valence-electron chi connectivity index (χ2n) is 3.26. The Labute approximate surface area is 69.9 Å². The lowest BCUT2D eigenvalue weighted by Gasteiger charge is -2.27. The fourth-order valence-electron chi connectivity index (χ4n) is 0.528. The van der Waals surface area contributed by atoms with Crippen molar-refractivity contribution < 1.29 is 4.74 Å². The highest BCUT2D eigenvalue weighted by molar-refractivity contribution is 4.50. The summed E-state index contributed by atoms with van der Waals surface area (Å²) in [5.41, 5.74) is 0. The van der Waals surface area contributed by atoms with Crippen molar-refractivity contribution in [2.24, 2.45) is 0 Å². The average Bonchev–Trinajstić information content (AvgIpc) is 1.87. The Hall–Kier alpha value is -0.120. The minimum Gasteiger partial charge on any atom is -0.345 e. The zero-order valence-corrected chi connectivity index (χ0v) is 8.46. The highest BCUT2D eigenvalue weighted by atomic mass is 16.5. The van der Waals surface area contributed by atoms with Crippen molar-refractivity contribution in [2.45, 2.75) is 26.3 Å². The fraction of sp³-hybridized carbons (Fsp3) is 1.00. The van der Waals surface area contributed by atoms with Gasteiger partial charge in [0.05, 0.1) is 0 Å². The molecule has 0 aromatic heterocycles. The normalized spacial score (nSPS) is 17.5. The van der Waals surface area contributed by atoms with Gasteiger partial charge in [-0.2, -0.15) is 0 Å². The first kappa shape index (κ1) is 10.9. The minimum absolute atomic E-state index is 0.174. The minimum atomic E-state index is 0.174. The van der Waals surface area contributed by atoms with E-state index in [0.29, 0.717) is 0 Å². The molecule has 0 saturated carbocycles. The Morgan fingerprint density at radius 1 is 0.818 bits per heavy atom. The van der Waals surface area contributed by atoms with Crippen molar-refractivity contribution in [3.63, 3.8) is 0 Å². The van der Waals surface area contributed by atoms with Crippen molar-refractivity contribution in [1.29, 1.82) is 0 Å². The number of nitrogens with zero attached hydrogens (tertiary/aromatic N) is 2. The van der Waals surface area contributed by atoms with Crippen molar-refractivity contribution >= 4 is 0 Å². The molecule has 11 heavy (non-hydrogen) atoms. The van der Waals surface area contributed by atoms with Crippen LogP contribution in [0.1, 0.15) is 13.8 Å². The molecular formula is C8H20N2O. The third-order valence-corrected chi connectivity index (χ3v) is 1.85. The molecule has 0 heterocycles. The Bertz CT molecular complexity index is 92.3. The third kappa shape index (κ3) is 4.35. The van der Waals surface area contributed by atoms with Gasteiger partial charge in [0.15, 0.2) is 0 Å². The standard InChI is InChI=1S/C8H20N2O/c1-7(9(3)4)11-8(2)10(5)6/h7-8H,1-6H3. The van der Waals surface area contributed by atoms with Crippen LogP contribution in [0.3, 0.4) is 0 Å². The summed E-state index contributed by atoms with van der Waals surface area (Å²) in [6.07, 6.45) is 0.347. The van der Waals surface area contributed by atoms with Crippen molar-refractivity contribution in [1.82, 2.24) is 9.80 Å². The summed E-state index contributed by atoms with van der Waals surface area (Å²) in [7, 11) is 8.03. The third-order valence-electron chi connectivity index (χ3n) is 1.85. The highest BCUT2D eigenvalue weighted by Gasteiger charge is 2.10. The summed E-state index contributed by atoms with van der Waals surface area (Å²) < 4.78 is 5.62. The van der Waals surface area contributed by atoms with Crippen LogP contribution in [-0.4, -0.2) is 50.4 Å². The smallest absolute Gasteiger partial charge is 0.109 e. The predicted octanol–water partition coefficient (Wildman–Crippen LogP) is 0.818. The van der Waals surface area contributed by atoms with Crippen LogP contribution in [0.5, 0.6) is 0 Å². The zero-order valence-electron chi connectivity index (χ0n) is 8.46. The van der Waals surface area contributed by atoms with E-state index in [1.165, 1.54) is 0 Å². The fourth-order valence-corrected chi connectivity index (χ4v) is 0.528. The van der Waals surface area contributed by atoms with Gasteiger partial charge in [-0.25, -0.2) is 0 Å². The average molecular weight is 160 g/mol. The van der Waals surface area contributed by atoms with E-state index in [0.717, 1.165) is 0 Å². The van der Waals surface area contributed by atoms with Gasteiger partial charge in [0.2, 0.25) is 0 Å². The SMILES string of the molecule is CC(OC(C)N(C)C)N(C)C. The maximum atomic E-state index is 5.62. The maximum Gasteiger partial charge on any atom is 0.109 e. The van der Waals surface area contributed by atoms with E-state index < -0.39 is 0 Å². The van der Waals surface area contributed by atoms with Gasteiger partial charge in [-0.3, -0.25) is 9.80 Å². The summed E-state index contributed by atoms with van der Waals surface area (Å²) in [5.74, 6) is 0. The summed E-state index contributed by atoms with van der Waals surface area (Å²) in [5, 5.41) is 0. The van der Waals surface area contributed by atoms with Crippen LogP contribution in [0.2, 0.25) is 0 Å². The van der Waals surface area contributed by atoms with Crippen LogP contribution in [-0.2, 0) is 4.74 Å². The number of hydrogen-bond acceptors (Lipinski definition) is 3. The summed E-state index contributed by atoms with van der Waals surface area (Å²) >= 11 is 0. The number of rotatable bonds is 4. The van der Waals surface area contributed by atoms with Gasteiger partial charge in [-0.15, -0.1) is 0 Å². The molecule has 0 radical (unpaired) electrons. The molecule has 0 saturated heterocycles. The molecule has 0 fully saturated rings. The molecule has 0 aliphatic carbocycles. The molecular weight excluding hydrogens is 140 g/mol. The van der Waals surface area contributed by atoms with Crippen LogP contribution >= 0.6 is 0 Å². The zero-order chi connectivity index (χ0) is 9.02. The molecule has 68 valence electrons. The lowest BCUT2D eigenvalue weighted by Crippen LogP contribution is -2.36. The van der Waals surface area contributed by atoms with E-state index in [-0.39, 0.29) is 12.5 Å². The molecule has 0 aromatic carbocycles. The van der Waals surface area contributed by atoms with Gasteiger partial charge in [0.1, 0.15) is 12.5 Å². The molecule has 3 heteroatoms. The van der Waals surface area contributed by atoms with Crippen LogP contribution in [0.25, 0.3) is 0 Å². The Morgan fingerprint density at radius 3 is 1.27 bits per heavy atom. The molecule has 0 rings (SSSR count). The first-order valence-corrected chi connectivity index (χ1v) is 3.93. The van der Waals surface area contributed by atoms with Gasteiger partial charge in [0.25, 0.3) is 0 Å². The van der Waals surface area contributed by atoms with Gasteiger partial charge in [0, 0.05) is 0 Å². The first-order chi connectivity index (χ1) is 4.95. The summed E-state index contributed by atoms with van der Waals surface area (Å²) in [6, 6.07) is 0. The number of ether oxygens (including phenoxy) is 1. The molecule has 0 aliphatic rings.